The van der Waals surface area contributed by atoms with Crippen molar-refractivity contribution in [3.63, 3.8) is 0 Å². The number of ether oxygens (including phenoxy) is 1. The van der Waals surface area contributed by atoms with Gasteiger partial charge in [-0.1, -0.05) is 18.2 Å². The first-order valence-electron chi connectivity index (χ1n) is 7.88. The van der Waals surface area contributed by atoms with Gasteiger partial charge in [0, 0.05) is 5.69 Å². The van der Waals surface area contributed by atoms with Crippen molar-refractivity contribution in [1.82, 2.24) is 0 Å². The number of carbonyl (C=O) groups is 2. The van der Waals surface area contributed by atoms with Gasteiger partial charge in [0.25, 0.3) is 0 Å². The number of benzene rings is 2. The molecule has 0 aromatic heterocycles. The number of hydrogen-bond acceptors (Lipinski definition) is 3. The number of rotatable bonds is 6. The first-order valence-corrected chi connectivity index (χ1v) is 7.88. The van der Waals surface area contributed by atoms with E-state index in [-0.39, 0.29) is 18.2 Å². The maximum absolute atomic E-state index is 12.1. The predicted octanol–water partition coefficient (Wildman–Crippen LogP) is 3.67. The molecular weight excluding hydrogens is 304 g/mol. The van der Waals surface area contributed by atoms with Gasteiger partial charge >= 0.3 is 0 Å². The Hall–Kier alpha value is -2.82. The van der Waals surface area contributed by atoms with Crippen LogP contribution in [0.15, 0.2) is 42.5 Å². The lowest BCUT2D eigenvalue weighted by molar-refractivity contribution is -0.123. The van der Waals surface area contributed by atoms with E-state index in [2.05, 4.69) is 10.6 Å². The topological polar surface area (TPSA) is 67.4 Å². The normalized spacial score (nSPS) is 10.1. The van der Waals surface area contributed by atoms with Crippen LogP contribution in [0.1, 0.15) is 24.5 Å². The van der Waals surface area contributed by atoms with Crippen LogP contribution in [-0.2, 0) is 9.59 Å². The van der Waals surface area contributed by atoms with Crippen LogP contribution in [-0.4, -0.2) is 18.4 Å². The summed E-state index contributed by atoms with van der Waals surface area (Å²) in [6, 6.07) is 12.8. The van der Waals surface area contributed by atoms with Gasteiger partial charge in [-0.05, 0) is 56.2 Å². The minimum Gasteiger partial charge on any atom is -0.492 e. The van der Waals surface area contributed by atoms with Crippen molar-refractivity contribution in [3.8, 4) is 5.75 Å². The van der Waals surface area contributed by atoms with Crippen molar-refractivity contribution >= 4 is 23.2 Å². The van der Waals surface area contributed by atoms with Gasteiger partial charge in [-0.15, -0.1) is 0 Å². The van der Waals surface area contributed by atoms with E-state index in [1.54, 1.807) is 18.2 Å². The van der Waals surface area contributed by atoms with Gasteiger partial charge in [-0.25, -0.2) is 0 Å². The van der Waals surface area contributed by atoms with Crippen molar-refractivity contribution in [3.05, 3.63) is 53.6 Å². The monoisotopic (exact) mass is 326 g/mol. The van der Waals surface area contributed by atoms with E-state index in [1.807, 2.05) is 45.0 Å². The van der Waals surface area contributed by atoms with Crippen LogP contribution in [0, 0.1) is 13.8 Å². The molecule has 0 aliphatic carbocycles. The molecule has 0 aliphatic rings. The second-order valence-electron chi connectivity index (χ2n) is 5.50. The molecule has 0 heterocycles. The third-order valence-corrected chi connectivity index (χ3v) is 3.57. The van der Waals surface area contributed by atoms with Gasteiger partial charge in [0.2, 0.25) is 11.8 Å². The summed E-state index contributed by atoms with van der Waals surface area (Å²) in [6.07, 6.45) is -0.257. The lowest BCUT2D eigenvalue weighted by atomic mass is 10.1. The SMILES string of the molecule is CCOc1ccccc1NC(=O)CC(=O)Nc1ccc(C)c(C)c1. The summed E-state index contributed by atoms with van der Waals surface area (Å²) in [5.74, 6) is -0.156. The highest BCUT2D eigenvalue weighted by molar-refractivity contribution is 6.08. The Balaban J connectivity index is 1.94. The second-order valence-corrected chi connectivity index (χ2v) is 5.50. The minimum atomic E-state index is -0.386. The average molecular weight is 326 g/mol. The molecule has 24 heavy (non-hydrogen) atoms. The van der Waals surface area contributed by atoms with Gasteiger partial charge in [0.15, 0.2) is 0 Å². The number of anilines is 2. The van der Waals surface area contributed by atoms with Gasteiger partial charge in [-0.3, -0.25) is 9.59 Å². The summed E-state index contributed by atoms with van der Waals surface area (Å²) < 4.78 is 5.45. The van der Waals surface area contributed by atoms with Crippen molar-refractivity contribution < 1.29 is 14.3 Å². The summed E-state index contributed by atoms with van der Waals surface area (Å²) in [7, 11) is 0. The third kappa shape index (κ3) is 4.84. The Morgan fingerprint density at radius 3 is 2.38 bits per heavy atom. The molecule has 0 aliphatic heterocycles. The van der Waals surface area contributed by atoms with E-state index in [1.165, 1.54) is 0 Å². The summed E-state index contributed by atoms with van der Waals surface area (Å²) in [5, 5.41) is 5.44. The Bertz CT molecular complexity index is 741. The van der Waals surface area contributed by atoms with E-state index >= 15 is 0 Å². The van der Waals surface area contributed by atoms with Gasteiger partial charge < -0.3 is 15.4 Å². The summed E-state index contributed by atoms with van der Waals surface area (Å²) in [5.41, 5.74) is 3.48. The van der Waals surface area contributed by atoms with Crippen molar-refractivity contribution in [2.45, 2.75) is 27.2 Å². The molecule has 0 atom stereocenters. The lowest BCUT2D eigenvalue weighted by Gasteiger charge is -2.11. The Morgan fingerprint density at radius 2 is 1.67 bits per heavy atom. The van der Waals surface area contributed by atoms with Gasteiger partial charge in [0.05, 0.1) is 12.3 Å². The molecule has 2 N–H and O–H groups in total. The van der Waals surface area contributed by atoms with Crippen LogP contribution in [0.2, 0.25) is 0 Å². The number of nitrogens with one attached hydrogen (secondary N) is 2. The number of hydrogen-bond donors (Lipinski definition) is 2. The van der Waals surface area contributed by atoms with Crippen LogP contribution in [0.25, 0.3) is 0 Å². The molecule has 0 saturated heterocycles. The van der Waals surface area contributed by atoms with Crippen molar-refractivity contribution in [2.24, 2.45) is 0 Å². The number of aryl methyl sites for hydroxylation is 2. The fraction of sp³-hybridized carbons (Fsp3) is 0.263. The van der Waals surface area contributed by atoms with Crippen LogP contribution in [0.5, 0.6) is 5.75 Å². The molecule has 5 heteroatoms. The van der Waals surface area contributed by atoms with Gasteiger partial charge in [0.1, 0.15) is 12.2 Å². The molecule has 0 spiro atoms. The molecule has 0 radical (unpaired) electrons. The highest BCUT2D eigenvalue weighted by Gasteiger charge is 2.12. The quantitative estimate of drug-likeness (QED) is 0.796. The van der Waals surface area contributed by atoms with E-state index in [9.17, 15) is 9.59 Å². The molecule has 126 valence electrons. The number of carbonyl (C=O) groups excluding carboxylic acids is 2. The van der Waals surface area contributed by atoms with E-state index in [4.69, 9.17) is 4.74 Å². The van der Waals surface area contributed by atoms with Crippen LogP contribution < -0.4 is 15.4 Å². The Kier molecular flexibility index (Phi) is 5.95. The molecule has 0 bridgehead atoms. The number of para-hydroxylation sites is 2. The zero-order valence-electron chi connectivity index (χ0n) is 14.2. The fourth-order valence-electron chi connectivity index (χ4n) is 2.22. The van der Waals surface area contributed by atoms with E-state index in [0.717, 1.165) is 11.1 Å². The molecule has 0 saturated carbocycles. The van der Waals surface area contributed by atoms with E-state index < -0.39 is 0 Å². The molecule has 5 nitrogen and oxygen atoms in total. The number of amides is 2. The molecule has 0 unspecified atom stereocenters. The van der Waals surface area contributed by atoms with Gasteiger partial charge in [-0.2, -0.15) is 0 Å². The van der Waals surface area contributed by atoms with Crippen LogP contribution in [0.3, 0.4) is 0 Å². The first-order chi connectivity index (χ1) is 11.5. The van der Waals surface area contributed by atoms with Crippen molar-refractivity contribution in [2.75, 3.05) is 17.2 Å². The molecular formula is C19H22N2O3. The van der Waals surface area contributed by atoms with Crippen LogP contribution >= 0.6 is 0 Å². The highest BCUT2D eigenvalue weighted by atomic mass is 16.5. The minimum absolute atomic E-state index is 0.257. The lowest BCUT2D eigenvalue weighted by Crippen LogP contribution is -2.21. The Morgan fingerprint density at radius 1 is 0.958 bits per heavy atom. The first kappa shape index (κ1) is 17.5. The van der Waals surface area contributed by atoms with Crippen molar-refractivity contribution in [1.29, 1.82) is 0 Å². The average Bonchev–Trinajstić information content (AvgIpc) is 2.53. The second kappa shape index (κ2) is 8.15. The molecule has 0 fully saturated rings. The Labute approximate surface area is 142 Å². The maximum Gasteiger partial charge on any atom is 0.233 e. The largest absolute Gasteiger partial charge is 0.492 e. The zero-order chi connectivity index (χ0) is 17.5. The predicted molar refractivity (Wildman–Crippen MR) is 95.4 cm³/mol. The zero-order valence-corrected chi connectivity index (χ0v) is 14.2. The molecule has 2 amide bonds. The summed E-state index contributed by atoms with van der Waals surface area (Å²) >= 11 is 0. The van der Waals surface area contributed by atoms with Crippen LogP contribution in [0.4, 0.5) is 11.4 Å². The van der Waals surface area contributed by atoms with E-state index in [0.29, 0.717) is 23.7 Å². The maximum atomic E-state index is 12.1. The summed E-state index contributed by atoms with van der Waals surface area (Å²) in [6.45, 7) is 6.35. The molecule has 2 rings (SSSR count). The standard InChI is InChI=1S/C19H22N2O3/c1-4-24-17-8-6-5-7-16(17)21-19(23)12-18(22)20-15-10-9-13(2)14(3)11-15/h5-11H,4,12H2,1-3H3,(H,20,22)(H,21,23). The highest BCUT2D eigenvalue weighted by Crippen LogP contribution is 2.23. The fourth-order valence-corrected chi connectivity index (χ4v) is 2.22. The smallest absolute Gasteiger partial charge is 0.233 e. The molecule has 2 aromatic rings. The molecule has 2 aromatic carbocycles. The third-order valence-electron chi connectivity index (χ3n) is 3.57. The summed E-state index contributed by atoms with van der Waals surface area (Å²) in [4.78, 5) is 24.1.